The van der Waals surface area contributed by atoms with Crippen molar-refractivity contribution in [3.63, 3.8) is 0 Å². The second-order valence-corrected chi connectivity index (χ2v) is 6.77. The first-order chi connectivity index (χ1) is 12.5. The fraction of sp³-hybridized carbons (Fsp3) is 0.200. The van der Waals surface area contributed by atoms with E-state index in [1.54, 1.807) is 32.4 Å². The highest BCUT2D eigenvalue weighted by Crippen LogP contribution is 2.29. The first kappa shape index (κ1) is 17.9. The van der Waals surface area contributed by atoms with Crippen molar-refractivity contribution >= 4 is 22.4 Å². The number of carbonyl (C=O) groups excluding carboxylic acids is 1. The first-order valence-corrected chi connectivity index (χ1v) is 8.95. The molecular formula is C20H20N2O3S. The molecule has 6 heteroatoms. The number of hydrogen-bond donors (Lipinski definition) is 1. The molecule has 0 atom stereocenters. The SMILES string of the molecule is COc1cc(OC)cc(C(=O)Nc2nc(-c3ccc(C)cc3C)cs2)c1. The third-order valence-electron chi connectivity index (χ3n) is 4.00. The predicted molar refractivity (Wildman–Crippen MR) is 105 cm³/mol. The van der Waals surface area contributed by atoms with E-state index in [9.17, 15) is 4.79 Å². The van der Waals surface area contributed by atoms with E-state index in [-0.39, 0.29) is 5.91 Å². The number of carbonyl (C=O) groups is 1. The molecule has 0 saturated carbocycles. The van der Waals surface area contributed by atoms with Crippen LogP contribution in [-0.4, -0.2) is 25.1 Å². The van der Waals surface area contributed by atoms with Crippen LogP contribution in [-0.2, 0) is 0 Å². The third-order valence-corrected chi connectivity index (χ3v) is 4.75. The third kappa shape index (κ3) is 3.86. The van der Waals surface area contributed by atoms with Crippen LogP contribution in [0.25, 0.3) is 11.3 Å². The molecule has 1 heterocycles. The molecule has 3 rings (SSSR count). The molecule has 0 spiro atoms. The Morgan fingerprint density at radius 2 is 1.73 bits per heavy atom. The highest BCUT2D eigenvalue weighted by atomic mass is 32.1. The van der Waals surface area contributed by atoms with Gasteiger partial charge in [-0.05, 0) is 31.5 Å². The number of nitrogens with one attached hydrogen (secondary N) is 1. The van der Waals surface area contributed by atoms with Crippen molar-refractivity contribution in [3.05, 3.63) is 58.5 Å². The average Bonchev–Trinajstić information content (AvgIpc) is 3.09. The van der Waals surface area contributed by atoms with Crippen molar-refractivity contribution in [1.29, 1.82) is 0 Å². The molecule has 0 bridgehead atoms. The average molecular weight is 368 g/mol. The lowest BCUT2D eigenvalue weighted by Gasteiger charge is -2.08. The second-order valence-electron chi connectivity index (χ2n) is 5.91. The molecule has 2 aromatic carbocycles. The summed E-state index contributed by atoms with van der Waals surface area (Å²) in [4.78, 5) is 17.1. The molecule has 0 radical (unpaired) electrons. The maximum Gasteiger partial charge on any atom is 0.257 e. The summed E-state index contributed by atoms with van der Waals surface area (Å²) in [7, 11) is 3.10. The van der Waals surface area contributed by atoms with Gasteiger partial charge in [-0.2, -0.15) is 0 Å². The van der Waals surface area contributed by atoms with E-state index in [1.165, 1.54) is 16.9 Å². The molecule has 0 aliphatic rings. The molecule has 3 aromatic rings. The zero-order valence-electron chi connectivity index (χ0n) is 15.1. The van der Waals surface area contributed by atoms with Gasteiger partial charge in [-0.15, -0.1) is 11.3 Å². The van der Waals surface area contributed by atoms with Gasteiger partial charge in [0.15, 0.2) is 5.13 Å². The van der Waals surface area contributed by atoms with E-state index in [1.807, 2.05) is 5.38 Å². The van der Waals surface area contributed by atoms with Gasteiger partial charge in [0.2, 0.25) is 0 Å². The summed E-state index contributed by atoms with van der Waals surface area (Å²) in [5, 5.41) is 5.33. The number of hydrogen-bond acceptors (Lipinski definition) is 5. The maximum absolute atomic E-state index is 12.6. The number of aromatic nitrogens is 1. The summed E-state index contributed by atoms with van der Waals surface area (Å²) < 4.78 is 10.4. The van der Waals surface area contributed by atoms with Gasteiger partial charge in [0.25, 0.3) is 5.91 Å². The van der Waals surface area contributed by atoms with Crippen molar-refractivity contribution in [2.45, 2.75) is 13.8 Å². The summed E-state index contributed by atoms with van der Waals surface area (Å²) in [6.45, 7) is 4.12. The Morgan fingerprint density at radius 3 is 2.35 bits per heavy atom. The van der Waals surface area contributed by atoms with Crippen LogP contribution in [0.4, 0.5) is 5.13 Å². The van der Waals surface area contributed by atoms with Crippen molar-refractivity contribution in [3.8, 4) is 22.8 Å². The highest BCUT2D eigenvalue weighted by molar-refractivity contribution is 7.14. The Bertz CT molecular complexity index is 928. The standard InChI is InChI=1S/C20H20N2O3S/c1-12-5-6-17(13(2)7-12)18-11-26-20(21-18)22-19(23)14-8-15(24-3)10-16(9-14)25-4/h5-11H,1-4H3,(H,21,22,23). The fourth-order valence-corrected chi connectivity index (χ4v) is 3.37. The Balaban J connectivity index is 1.82. The smallest absolute Gasteiger partial charge is 0.257 e. The highest BCUT2D eigenvalue weighted by Gasteiger charge is 2.13. The van der Waals surface area contributed by atoms with Crippen LogP contribution < -0.4 is 14.8 Å². The van der Waals surface area contributed by atoms with E-state index >= 15 is 0 Å². The molecule has 0 unspecified atom stereocenters. The molecule has 26 heavy (non-hydrogen) atoms. The molecule has 1 N–H and O–H groups in total. The number of amides is 1. The summed E-state index contributed by atoms with van der Waals surface area (Å²) in [6.07, 6.45) is 0. The van der Waals surface area contributed by atoms with Gasteiger partial charge < -0.3 is 9.47 Å². The number of rotatable bonds is 5. The van der Waals surface area contributed by atoms with Crippen LogP contribution in [0.3, 0.4) is 0 Å². The quantitative estimate of drug-likeness (QED) is 0.709. The molecule has 1 amide bonds. The van der Waals surface area contributed by atoms with E-state index in [0.29, 0.717) is 22.2 Å². The molecule has 0 fully saturated rings. The van der Waals surface area contributed by atoms with E-state index in [0.717, 1.165) is 16.8 Å². The largest absolute Gasteiger partial charge is 0.497 e. The molecule has 0 saturated heterocycles. The summed E-state index contributed by atoms with van der Waals surface area (Å²) >= 11 is 1.39. The molecule has 0 aliphatic heterocycles. The van der Waals surface area contributed by atoms with Gasteiger partial charge in [-0.1, -0.05) is 23.8 Å². The van der Waals surface area contributed by atoms with Gasteiger partial charge in [0.05, 0.1) is 19.9 Å². The van der Waals surface area contributed by atoms with Crippen LogP contribution in [0.2, 0.25) is 0 Å². The number of methoxy groups -OCH3 is 2. The number of ether oxygens (including phenoxy) is 2. The second kappa shape index (κ2) is 7.58. The predicted octanol–water partition coefficient (Wildman–Crippen LogP) is 4.70. The first-order valence-electron chi connectivity index (χ1n) is 8.07. The number of thiazole rings is 1. The summed E-state index contributed by atoms with van der Waals surface area (Å²) in [5.74, 6) is 0.859. The lowest BCUT2D eigenvalue weighted by atomic mass is 10.0. The van der Waals surface area contributed by atoms with Crippen LogP contribution in [0, 0.1) is 13.8 Å². The fourth-order valence-electron chi connectivity index (χ4n) is 2.66. The monoisotopic (exact) mass is 368 g/mol. The molecule has 5 nitrogen and oxygen atoms in total. The number of benzene rings is 2. The minimum Gasteiger partial charge on any atom is -0.497 e. The normalized spacial score (nSPS) is 10.5. The topological polar surface area (TPSA) is 60.5 Å². The van der Waals surface area contributed by atoms with E-state index < -0.39 is 0 Å². The Hall–Kier alpha value is -2.86. The van der Waals surface area contributed by atoms with Crippen molar-refractivity contribution in [2.24, 2.45) is 0 Å². The molecule has 0 aliphatic carbocycles. The van der Waals surface area contributed by atoms with Crippen molar-refractivity contribution in [1.82, 2.24) is 4.98 Å². The maximum atomic E-state index is 12.6. The summed E-state index contributed by atoms with van der Waals surface area (Å²) in [6, 6.07) is 11.3. The molecule has 1 aromatic heterocycles. The van der Waals surface area contributed by atoms with Crippen LogP contribution >= 0.6 is 11.3 Å². The lowest BCUT2D eigenvalue weighted by molar-refractivity contribution is 0.102. The van der Waals surface area contributed by atoms with Crippen LogP contribution in [0.1, 0.15) is 21.5 Å². The molecule has 134 valence electrons. The zero-order chi connectivity index (χ0) is 18.7. The van der Waals surface area contributed by atoms with E-state index in [2.05, 4.69) is 42.3 Å². The van der Waals surface area contributed by atoms with Crippen LogP contribution in [0.15, 0.2) is 41.8 Å². The zero-order valence-corrected chi connectivity index (χ0v) is 15.9. The van der Waals surface area contributed by atoms with Crippen molar-refractivity contribution in [2.75, 3.05) is 19.5 Å². The Morgan fingerprint density at radius 1 is 1.04 bits per heavy atom. The van der Waals surface area contributed by atoms with Gasteiger partial charge in [0.1, 0.15) is 11.5 Å². The van der Waals surface area contributed by atoms with Crippen molar-refractivity contribution < 1.29 is 14.3 Å². The Labute approximate surface area is 156 Å². The minimum absolute atomic E-state index is 0.260. The van der Waals surface area contributed by atoms with E-state index in [4.69, 9.17) is 9.47 Å². The Kier molecular flexibility index (Phi) is 5.23. The molecular weight excluding hydrogens is 348 g/mol. The number of anilines is 1. The van der Waals surface area contributed by atoms with Gasteiger partial charge >= 0.3 is 0 Å². The van der Waals surface area contributed by atoms with Crippen LogP contribution in [0.5, 0.6) is 11.5 Å². The summed E-state index contributed by atoms with van der Waals surface area (Å²) in [5.41, 5.74) is 4.73. The van der Waals surface area contributed by atoms with Gasteiger partial charge in [0, 0.05) is 22.6 Å². The lowest BCUT2D eigenvalue weighted by Crippen LogP contribution is -2.12. The number of nitrogens with zero attached hydrogens (tertiary/aromatic N) is 1. The minimum atomic E-state index is -0.260. The number of aryl methyl sites for hydroxylation is 2. The van der Waals surface area contributed by atoms with Gasteiger partial charge in [-0.25, -0.2) is 4.98 Å². The van der Waals surface area contributed by atoms with Gasteiger partial charge in [-0.3, -0.25) is 10.1 Å².